The highest BCUT2D eigenvalue weighted by atomic mass is 19.1. The largest absolute Gasteiger partial charge is 0.334 e. The number of rotatable bonds is 6. The van der Waals surface area contributed by atoms with Crippen LogP contribution in [0, 0.1) is 5.82 Å². The number of hydrogen-bond donors (Lipinski definition) is 1. The molecule has 5 heteroatoms. The molecule has 0 spiro atoms. The molecule has 1 aromatic carbocycles. The van der Waals surface area contributed by atoms with Crippen molar-refractivity contribution in [3.8, 4) is 0 Å². The lowest BCUT2D eigenvalue weighted by Gasteiger charge is -2.49. The molecule has 4 nitrogen and oxygen atoms in total. The molecule has 0 radical (unpaired) electrons. The van der Waals surface area contributed by atoms with Crippen molar-refractivity contribution in [3.63, 3.8) is 0 Å². The summed E-state index contributed by atoms with van der Waals surface area (Å²) in [4.78, 5) is 6.88. The van der Waals surface area contributed by atoms with E-state index in [1.165, 1.54) is 5.69 Å². The fourth-order valence-electron chi connectivity index (χ4n) is 4.64. The van der Waals surface area contributed by atoms with Gasteiger partial charge in [-0.2, -0.15) is 0 Å². The van der Waals surface area contributed by atoms with Crippen molar-refractivity contribution in [1.29, 1.82) is 0 Å². The lowest BCUT2D eigenvalue weighted by Crippen LogP contribution is -2.62. The van der Waals surface area contributed by atoms with Gasteiger partial charge < -0.3 is 9.88 Å². The minimum absolute atomic E-state index is 0.0818. The molecule has 1 fully saturated rings. The zero-order valence-electron chi connectivity index (χ0n) is 17.3. The molecule has 1 aromatic heterocycles. The van der Waals surface area contributed by atoms with Gasteiger partial charge in [-0.25, -0.2) is 9.37 Å². The number of aryl methyl sites for hydroxylation is 1. The molecule has 0 atom stereocenters. The SMILES string of the molecule is CCn1cncc1CN(Cc1ccc(F)cc1)C1CC(C)(C)NC(C)(C)C1. The van der Waals surface area contributed by atoms with Gasteiger partial charge in [-0.05, 0) is 65.2 Å². The monoisotopic (exact) mass is 372 g/mol. The van der Waals surface area contributed by atoms with Crippen molar-refractivity contribution in [3.05, 3.63) is 53.9 Å². The molecule has 1 aliphatic heterocycles. The highest BCUT2D eigenvalue weighted by Gasteiger charge is 2.40. The predicted octanol–water partition coefficient (Wildman–Crippen LogP) is 4.35. The second-order valence-corrected chi connectivity index (χ2v) is 9.16. The van der Waals surface area contributed by atoms with E-state index in [1.807, 2.05) is 24.7 Å². The van der Waals surface area contributed by atoms with E-state index in [1.54, 1.807) is 12.1 Å². The highest BCUT2D eigenvalue weighted by molar-refractivity contribution is 5.17. The smallest absolute Gasteiger partial charge is 0.123 e. The van der Waals surface area contributed by atoms with Crippen LogP contribution in [0.5, 0.6) is 0 Å². The van der Waals surface area contributed by atoms with E-state index in [9.17, 15) is 4.39 Å². The summed E-state index contributed by atoms with van der Waals surface area (Å²) in [5.74, 6) is -0.182. The van der Waals surface area contributed by atoms with Gasteiger partial charge in [0.05, 0.1) is 12.0 Å². The molecular weight excluding hydrogens is 339 g/mol. The summed E-state index contributed by atoms with van der Waals surface area (Å²) in [6.45, 7) is 13.9. The Morgan fingerprint density at radius 1 is 1.11 bits per heavy atom. The summed E-state index contributed by atoms with van der Waals surface area (Å²) < 4.78 is 15.6. The molecule has 0 amide bonds. The summed E-state index contributed by atoms with van der Waals surface area (Å²) >= 11 is 0. The van der Waals surface area contributed by atoms with E-state index < -0.39 is 0 Å². The van der Waals surface area contributed by atoms with Crippen molar-refractivity contribution < 1.29 is 4.39 Å². The highest BCUT2D eigenvalue weighted by Crippen LogP contribution is 2.33. The van der Waals surface area contributed by atoms with Gasteiger partial charge in [0.15, 0.2) is 0 Å². The summed E-state index contributed by atoms with van der Waals surface area (Å²) in [7, 11) is 0. The van der Waals surface area contributed by atoms with Crippen LogP contribution in [-0.4, -0.2) is 31.6 Å². The Balaban J connectivity index is 1.87. The minimum Gasteiger partial charge on any atom is -0.334 e. The first-order chi connectivity index (χ1) is 12.7. The number of hydrogen-bond acceptors (Lipinski definition) is 3. The molecule has 0 bridgehead atoms. The standard InChI is InChI=1S/C22H33FN4/c1-6-26-16-24-13-20(26)15-27(14-17-7-9-18(23)10-8-17)19-11-21(2,3)25-22(4,5)12-19/h7-10,13,16,19,25H,6,11-12,14-15H2,1-5H3. The first kappa shape index (κ1) is 20.0. The van der Waals surface area contributed by atoms with Gasteiger partial charge >= 0.3 is 0 Å². The maximum atomic E-state index is 13.4. The number of halogens is 1. The average Bonchev–Trinajstić information content (AvgIpc) is 3.00. The maximum absolute atomic E-state index is 13.4. The van der Waals surface area contributed by atoms with Crippen LogP contribution in [0.25, 0.3) is 0 Å². The fraction of sp³-hybridized carbons (Fsp3) is 0.591. The molecule has 1 N–H and O–H groups in total. The molecule has 2 heterocycles. The van der Waals surface area contributed by atoms with Crippen molar-refractivity contribution in [2.45, 2.75) is 84.2 Å². The Morgan fingerprint density at radius 2 is 1.74 bits per heavy atom. The number of imidazole rings is 1. The quantitative estimate of drug-likeness (QED) is 0.818. The first-order valence-corrected chi connectivity index (χ1v) is 9.94. The maximum Gasteiger partial charge on any atom is 0.123 e. The van der Waals surface area contributed by atoms with Crippen molar-refractivity contribution in [2.24, 2.45) is 0 Å². The van der Waals surface area contributed by atoms with E-state index in [0.29, 0.717) is 6.04 Å². The van der Waals surface area contributed by atoms with E-state index >= 15 is 0 Å². The van der Waals surface area contributed by atoms with E-state index in [0.717, 1.165) is 38.0 Å². The number of nitrogens with one attached hydrogen (secondary N) is 1. The Labute approximate surface area is 162 Å². The van der Waals surface area contributed by atoms with E-state index in [4.69, 9.17) is 0 Å². The molecule has 3 rings (SSSR count). The van der Waals surface area contributed by atoms with Crippen LogP contribution in [-0.2, 0) is 19.6 Å². The third-order valence-electron chi connectivity index (χ3n) is 5.49. The Kier molecular flexibility index (Phi) is 5.73. The molecule has 2 aromatic rings. The Bertz CT molecular complexity index is 732. The molecule has 148 valence electrons. The molecule has 1 aliphatic rings. The van der Waals surface area contributed by atoms with Gasteiger partial charge in [-0.15, -0.1) is 0 Å². The molecular formula is C22H33FN4. The first-order valence-electron chi connectivity index (χ1n) is 9.94. The fourth-order valence-corrected chi connectivity index (χ4v) is 4.64. The van der Waals surface area contributed by atoms with Crippen LogP contribution < -0.4 is 5.32 Å². The lowest BCUT2D eigenvalue weighted by atomic mass is 9.79. The number of benzene rings is 1. The van der Waals surface area contributed by atoms with E-state index in [-0.39, 0.29) is 16.9 Å². The number of nitrogens with zero attached hydrogens (tertiary/aromatic N) is 3. The molecule has 0 saturated carbocycles. The van der Waals surface area contributed by atoms with Gasteiger partial charge in [0.25, 0.3) is 0 Å². The van der Waals surface area contributed by atoms with Crippen LogP contribution in [0.15, 0.2) is 36.8 Å². The van der Waals surface area contributed by atoms with Gasteiger partial charge in [0.1, 0.15) is 5.82 Å². The van der Waals surface area contributed by atoms with Gasteiger partial charge in [0, 0.05) is 43.0 Å². The van der Waals surface area contributed by atoms with Crippen LogP contribution in [0.2, 0.25) is 0 Å². The van der Waals surface area contributed by atoms with Crippen molar-refractivity contribution in [2.75, 3.05) is 0 Å². The minimum atomic E-state index is -0.182. The zero-order valence-corrected chi connectivity index (χ0v) is 17.3. The van der Waals surface area contributed by atoms with Crippen molar-refractivity contribution in [1.82, 2.24) is 19.8 Å². The van der Waals surface area contributed by atoms with Gasteiger partial charge in [-0.1, -0.05) is 12.1 Å². The van der Waals surface area contributed by atoms with Crippen LogP contribution in [0.1, 0.15) is 58.7 Å². The normalized spacial score (nSPS) is 19.5. The lowest BCUT2D eigenvalue weighted by molar-refractivity contribution is 0.0550. The van der Waals surface area contributed by atoms with Gasteiger partial charge in [-0.3, -0.25) is 4.90 Å². The third kappa shape index (κ3) is 5.17. The molecule has 27 heavy (non-hydrogen) atoms. The van der Waals surface area contributed by atoms with E-state index in [2.05, 4.69) is 54.4 Å². The molecule has 1 saturated heterocycles. The Hall–Kier alpha value is -1.72. The second kappa shape index (κ2) is 7.72. The topological polar surface area (TPSA) is 33.1 Å². The molecule has 0 unspecified atom stereocenters. The van der Waals surface area contributed by atoms with Crippen molar-refractivity contribution >= 4 is 0 Å². The zero-order chi connectivity index (χ0) is 19.7. The average molecular weight is 373 g/mol. The van der Waals surface area contributed by atoms with Crippen LogP contribution in [0.4, 0.5) is 4.39 Å². The summed E-state index contributed by atoms with van der Waals surface area (Å²) in [5.41, 5.74) is 2.54. The van der Waals surface area contributed by atoms with Crippen LogP contribution >= 0.6 is 0 Å². The van der Waals surface area contributed by atoms with Crippen LogP contribution in [0.3, 0.4) is 0 Å². The molecule has 0 aliphatic carbocycles. The summed E-state index contributed by atoms with van der Waals surface area (Å²) in [6, 6.07) is 7.36. The number of piperidine rings is 1. The number of aromatic nitrogens is 2. The third-order valence-corrected chi connectivity index (χ3v) is 5.49. The Morgan fingerprint density at radius 3 is 2.33 bits per heavy atom. The predicted molar refractivity (Wildman–Crippen MR) is 108 cm³/mol. The summed E-state index contributed by atoms with van der Waals surface area (Å²) in [6.07, 6.45) is 6.04. The summed E-state index contributed by atoms with van der Waals surface area (Å²) in [5, 5.41) is 3.78. The second-order valence-electron chi connectivity index (χ2n) is 9.16. The van der Waals surface area contributed by atoms with Gasteiger partial charge in [0.2, 0.25) is 0 Å².